The number of hydrogen-bond donors (Lipinski definition) is 2. The molecule has 0 aliphatic carbocycles. The number of alkyl halides is 1. The molecule has 244 valence electrons. The molecule has 0 amide bonds. The van der Waals surface area contributed by atoms with Crippen molar-refractivity contribution in [3.8, 4) is 0 Å². The van der Waals surface area contributed by atoms with E-state index in [9.17, 15) is 19.4 Å². The minimum Gasteiger partial charge on any atom is -0.455 e. The summed E-state index contributed by atoms with van der Waals surface area (Å²) in [6, 6.07) is 0. The molecule has 6 nitrogen and oxygen atoms in total. The van der Waals surface area contributed by atoms with Crippen LogP contribution in [0.4, 0.5) is 4.39 Å². The Morgan fingerprint density at radius 2 is 1.19 bits per heavy atom. The van der Waals surface area contributed by atoms with Gasteiger partial charge in [-0.15, -0.1) is 0 Å². The van der Waals surface area contributed by atoms with Gasteiger partial charge in [0.2, 0.25) is 0 Å². The lowest BCUT2D eigenvalue weighted by atomic mass is 10.00. The average molecular weight is 596 g/mol. The summed E-state index contributed by atoms with van der Waals surface area (Å²) in [5.41, 5.74) is 0.481. The number of cyclic esters (lactones) is 1. The van der Waals surface area contributed by atoms with E-state index in [1.54, 1.807) is 13.0 Å². The molecular weight excluding hydrogens is 534 g/mol. The molecule has 42 heavy (non-hydrogen) atoms. The van der Waals surface area contributed by atoms with E-state index >= 15 is 0 Å². The van der Waals surface area contributed by atoms with E-state index in [2.05, 4.69) is 6.92 Å². The van der Waals surface area contributed by atoms with Crippen LogP contribution in [-0.4, -0.2) is 65.1 Å². The zero-order valence-electron chi connectivity index (χ0n) is 26.7. The van der Waals surface area contributed by atoms with Crippen molar-refractivity contribution in [3.05, 3.63) is 11.6 Å². The molecule has 2 fully saturated rings. The molecule has 0 saturated carbocycles. The van der Waals surface area contributed by atoms with E-state index in [-0.39, 0.29) is 49.0 Å². The Morgan fingerprint density at radius 1 is 0.738 bits per heavy atom. The van der Waals surface area contributed by atoms with Gasteiger partial charge in [0.25, 0.3) is 0 Å². The van der Waals surface area contributed by atoms with Gasteiger partial charge in [0.1, 0.15) is 12.3 Å². The largest absolute Gasteiger partial charge is 0.455 e. The van der Waals surface area contributed by atoms with Crippen LogP contribution < -0.4 is 0 Å². The first-order valence-corrected chi connectivity index (χ1v) is 17.6. The van der Waals surface area contributed by atoms with Crippen LogP contribution in [0.25, 0.3) is 0 Å². The smallest absolute Gasteiger partial charge is 0.334 e. The van der Waals surface area contributed by atoms with Crippen molar-refractivity contribution in [2.75, 3.05) is 0 Å². The summed E-state index contributed by atoms with van der Waals surface area (Å²) in [6.45, 7) is 4.04. The quantitative estimate of drug-likeness (QED) is 0.0918. The molecule has 3 aliphatic rings. The minimum atomic E-state index is -0.982. The number of unbranched alkanes of at least 4 members (excludes halogenated alkanes) is 12. The maximum absolute atomic E-state index is 14.2. The summed E-state index contributed by atoms with van der Waals surface area (Å²) in [6.07, 6.45) is 21.6. The molecule has 0 aromatic carbocycles. The first-order valence-electron chi connectivity index (χ1n) is 17.6. The van der Waals surface area contributed by atoms with Crippen molar-refractivity contribution >= 4 is 5.97 Å². The summed E-state index contributed by atoms with van der Waals surface area (Å²) in [5, 5.41) is 21.4. The zero-order chi connectivity index (χ0) is 30.2. The van der Waals surface area contributed by atoms with E-state index < -0.39 is 12.3 Å². The number of carbonyl (C=O) groups excluding carboxylic acids is 1. The highest BCUT2D eigenvalue weighted by atomic mass is 18.2. The monoisotopic (exact) mass is 595 g/mol. The van der Waals surface area contributed by atoms with Crippen LogP contribution in [0.15, 0.2) is 11.6 Å². The second-order valence-electron chi connectivity index (χ2n) is 13.3. The Morgan fingerprint density at radius 3 is 1.64 bits per heavy atom. The third-order valence-electron chi connectivity index (χ3n) is 9.50. The highest BCUT2D eigenvalue weighted by Crippen LogP contribution is 2.34. The molecule has 7 heteroatoms. The molecule has 0 radical (unpaired) electrons. The third-order valence-corrected chi connectivity index (χ3v) is 9.50. The van der Waals surface area contributed by atoms with Crippen LogP contribution in [-0.2, 0) is 19.0 Å². The van der Waals surface area contributed by atoms with Crippen molar-refractivity contribution in [1.29, 1.82) is 0 Å². The highest BCUT2D eigenvalue weighted by molar-refractivity contribution is 5.90. The Bertz CT molecular complexity index is 775. The van der Waals surface area contributed by atoms with Crippen molar-refractivity contribution < 1.29 is 33.6 Å². The van der Waals surface area contributed by atoms with Crippen LogP contribution in [0.3, 0.4) is 0 Å². The van der Waals surface area contributed by atoms with Gasteiger partial charge in [-0.3, -0.25) is 0 Å². The number of aliphatic hydroxyl groups is 2. The molecule has 2 N–H and O–H groups in total. The van der Waals surface area contributed by atoms with E-state index in [0.717, 1.165) is 83.5 Å². The SMILES string of the molecule is CCCCCCCCCC[C@@H](O)[C@H]1CC[C@H]([C@H]2CC[C@H]([C@H](O)CCCCCCCC[C@H]([18F])CC3=C[C@@H](C)OC3=O)O2)O1. The second kappa shape index (κ2) is 20.1. The summed E-state index contributed by atoms with van der Waals surface area (Å²) in [5.74, 6) is -0.370. The molecule has 0 bridgehead atoms. The van der Waals surface area contributed by atoms with Crippen LogP contribution in [0.2, 0.25) is 0 Å². The van der Waals surface area contributed by atoms with Crippen molar-refractivity contribution in [1.82, 2.24) is 0 Å². The lowest BCUT2D eigenvalue weighted by Crippen LogP contribution is -2.33. The molecule has 8 atom stereocenters. The van der Waals surface area contributed by atoms with Gasteiger partial charge in [-0.05, 0) is 57.9 Å². The van der Waals surface area contributed by atoms with Gasteiger partial charge in [-0.25, -0.2) is 9.18 Å². The molecule has 0 spiro atoms. The van der Waals surface area contributed by atoms with E-state index in [1.807, 2.05) is 0 Å². The number of rotatable bonds is 23. The van der Waals surface area contributed by atoms with Gasteiger partial charge in [-0.1, -0.05) is 96.8 Å². The summed E-state index contributed by atoms with van der Waals surface area (Å²) < 4.78 is 31.7. The summed E-state index contributed by atoms with van der Waals surface area (Å²) in [7, 11) is 0. The van der Waals surface area contributed by atoms with Gasteiger partial charge in [0, 0.05) is 12.0 Å². The average Bonchev–Trinajstić information content (AvgIpc) is 3.72. The van der Waals surface area contributed by atoms with Crippen molar-refractivity contribution in [3.63, 3.8) is 0 Å². The van der Waals surface area contributed by atoms with Gasteiger partial charge < -0.3 is 24.4 Å². The molecule has 2 saturated heterocycles. The highest BCUT2D eigenvalue weighted by Gasteiger charge is 2.40. The first kappa shape index (κ1) is 35.5. The number of hydrogen-bond acceptors (Lipinski definition) is 6. The standard InChI is InChI=1S/C35H61FO6/c1-3-4-5-6-7-8-12-15-18-29(37)31-20-22-33(41-31)34-23-21-32(42-34)30(38)19-16-13-10-9-11-14-17-28(36)25-27-24-26(2)40-35(27)39/h24,26,28-34,37-38H,3-23,25H2,1-2H3/t26-,28+,29-,30-,31-,32-,33-,34-/m1/s1/i36-1. The predicted octanol–water partition coefficient (Wildman–Crippen LogP) is 8.05. The van der Waals surface area contributed by atoms with Crippen molar-refractivity contribution in [2.24, 2.45) is 0 Å². The number of halogens is 1. The summed E-state index contributed by atoms with van der Waals surface area (Å²) >= 11 is 0. The number of carbonyl (C=O) groups is 1. The van der Waals surface area contributed by atoms with E-state index in [4.69, 9.17) is 14.2 Å². The van der Waals surface area contributed by atoms with Crippen LogP contribution in [0, 0.1) is 0 Å². The van der Waals surface area contributed by atoms with Gasteiger partial charge in [0.15, 0.2) is 0 Å². The molecule has 0 aromatic rings. The van der Waals surface area contributed by atoms with E-state index in [0.29, 0.717) is 12.0 Å². The zero-order valence-corrected chi connectivity index (χ0v) is 26.7. The van der Waals surface area contributed by atoms with Gasteiger partial charge in [-0.2, -0.15) is 0 Å². The number of aliphatic hydroxyl groups excluding tert-OH is 2. The summed E-state index contributed by atoms with van der Waals surface area (Å²) in [4.78, 5) is 11.6. The molecule has 0 unspecified atom stereocenters. The Kier molecular flexibility index (Phi) is 17.0. The molecular formula is C35H61FO6. The Labute approximate surface area is 255 Å². The lowest BCUT2D eigenvalue weighted by Gasteiger charge is -2.24. The predicted molar refractivity (Wildman–Crippen MR) is 165 cm³/mol. The molecule has 3 rings (SSSR count). The molecule has 3 aliphatic heterocycles. The Hall–Kier alpha value is -1.02. The fraction of sp³-hybridized carbons (Fsp3) is 0.914. The third kappa shape index (κ3) is 12.9. The van der Waals surface area contributed by atoms with Gasteiger partial charge >= 0.3 is 5.97 Å². The topological polar surface area (TPSA) is 85.2 Å². The fourth-order valence-electron chi connectivity index (χ4n) is 6.90. The minimum absolute atomic E-state index is 0.0308. The Balaban J connectivity index is 1.16. The molecule has 0 aromatic heterocycles. The number of esters is 1. The van der Waals surface area contributed by atoms with Gasteiger partial charge in [0.05, 0.1) is 36.6 Å². The maximum atomic E-state index is 14.2. The van der Waals surface area contributed by atoms with Crippen LogP contribution in [0.1, 0.15) is 155 Å². The van der Waals surface area contributed by atoms with Crippen molar-refractivity contribution in [2.45, 2.75) is 204 Å². The fourth-order valence-corrected chi connectivity index (χ4v) is 6.90. The lowest BCUT2D eigenvalue weighted by molar-refractivity contribution is -0.139. The second-order valence-corrected chi connectivity index (χ2v) is 13.3. The first-order chi connectivity index (χ1) is 20.4. The van der Waals surface area contributed by atoms with Crippen LogP contribution in [0.5, 0.6) is 0 Å². The molecule has 3 heterocycles. The number of ether oxygens (including phenoxy) is 3. The van der Waals surface area contributed by atoms with Crippen LogP contribution >= 0.6 is 0 Å². The normalized spacial score (nSPS) is 28.2. The maximum Gasteiger partial charge on any atom is 0.334 e. The van der Waals surface area contributed by atoms with E-state index in [1.165, 1.54) is 44.9 Å².